The molecule has 3 nitrogen and oxygen atoms in total. The Morgan fingerprint density at radius 3 is 3.25 bits per heavy atom. The Labute approximate surface area is 52.1 Å². The molecule has 0 aromatic carbocycles. The van der Waals surface area contributed by atoms with Crippen LogP contribution in [0.15, 0.2) is 6.33 Å². The maximum atomic E-state index is 4.46. The lowest BCUT2D eigenvalue weighted by Crippen LogP contribution is -1.85. The highest BCUT2D eigenvalue weighted by Gasteiger charge is 1.89. The van der Waals surface area contributed by atoms with Crippen LogP contribution in [-0.4, -0.2) is 20.5 Å². The summed E-state index contributed by atoms with van der Waals surface area (Å²) in [5.41, 5.74) is 0. The Bertz CT molecular complexity index is 158. The number of nitrogens with zero attached hydrogens (tertiary/aromatic N) is 2. The summed E-state index contributed by atoms with van der Waals surface area (Å²) in [5.74, 6) is 0.694. The van der Waals surface area contributed by atoms with E-state index in [-0.39, 0.29) is 0 Å². The third kappa shape index (κ3) is 1.10. The van der Waals surface area contributed by atoms with E-state index >= 15 is 0 Å². The van der Waals surface area contributed by atoms with Gasteiger partial charge in [0.25, 0.3) is 0 Å². The van der Waals surface area contributed by atoms with Crippen molar-refractivity contribution in [1.29, 1.82) is 0 Å². The van der Waals surface area contributed by atoms with Crippen LogP contribution >= 0.6 is 12.2 Å². The Balaban J connectivity index is 2.62. The second kappa shape index (κ2) is 2.52. The zero-order chi connectivity index (χ0) is 5.82. The molecule has 1 heterocycles. The first-order chi connectivity index (χ1) is 3.93. The van der Waals surface area contributed by atoms with Crippen molar-refractivity contribution in [2.45, 2.75) is 6.42 Å². The van der Waals surface area contributed by atoms with Crippen molar-refractivity contribution in [2.24, 2.45) is 0 Å². The van der Waals surface area contributed by atoms with Crippen LogP contribution in [0.1, 0.15) is 5.82 Å². The third-order valence-electron chi connectivity index (χ3n) is 0.695. The maximum Gasteiger partial charge on any atom is 0.155 e. The molecule has 41 valence electrons. The fraction of sp³-hybridized carbons (Fsp3) is 0.250. The number of thiocarbonyl (C=S) groups is 1. The molecule has 0 bridgehead atoms. The minimum absolute atomic E-state index is 0.541. The summed E-state index contributed by atoms with van der Waals surface area (Å²) in [6, 6.07) is 0. The van der Waals surface area contributed by atoms with E-state index in [1.54, 1.807) is 0 Å². The molecule has 0 atom stereocenters. The SMILES string of the molecule is S=[C]Cc1nc[nH]n1. The number of rotatable bonds is 2. The third-order valence-corrected chi connectivity index (χ3v) is 0.840. The minimum atomic E-state index is 0.541. The van der Waals surface area contributed by atoms with Crippen molar-refractivity contribution in [3.05, 3.63) is 12.2 Å². The largest absolute Gasteiger partial charge is 0.266 e. The Morgan fingerprint density at radius 2 is 2.75 bits per heavy atom. The number of aromatic amines is 1. The summed E-state index contributed by atoms with van der Waals surface area (Å²) in [6.07, 6.45) is 2.06. The molecule has 0 aliphatic heterocycles. The van der Waals surface area contributed by atoms with Crippen molar-refractivity contribution >= 4 is 17.6 Å². The summed E-state index contributed by atoms with van der Waals surface area (Å²) in [5, 5.41) is 8.82. The standard InChI is InChI=1S/C4H4N3S/c8-2-1-4-5-3-6-7-4/h3H,1H2,(H,5,6,7). The van der Waals surface area contributed by atoms with Gasteiger partial charge in [0, 0.05) is 11.8 Å². The summed E-state index contributed by atoms with van der Waals surface area (Å²) in [6.45, 7) is 0. The van der Waals surface area contributed by atoms with Crippen LogP contribution in [0.2, 0.25) is 0 Å². The zero-order valence-electron chi connectivity index (χ0n) is 4.09. The first kappa shape index (κ1) is 5.37. The molecule has 4 heteroatoms. The predicted molar refractivity (Wildman–Crippen MR) is 32.7 cm³/mol. The van der Waals surface area contributed by atoms with E-state index in [0.717, 1.165) is 0 Å². The van der Waals surface area contributed by atoms with Crippen molar-refractivity contribution in [3.8, 4) is 0 Å². The van der Waals surface area contributed by atoms with E-state index < -0.39 is 0 Å². The first-order valence-corrected chi connectivity index (χ1v) is 2.54. The predicted octanol–water partition coefficient (Wildman–Crippen LogP) is 0.224. The van der Waals surface area contributed by atoms with Gasteiger partial charge in [-0.05, 0) is 0 Å². The van der Waals surface area contributed by atoms with Gasteiger partial charge in [-0.1, -0.05) is 12.2 Å². The fourth-order valence-corrected chi connectivity index (χ4v) is 0.514. The van der Waals surface area contributed by atoms with Gasteiger partial charge in [0.15, 0.2) is 5.82 Å². The number of hydrogen-bond donors (Lipinski definition) is 1. The van der Waals surface area contributed by atoms with Crippen molar-refractivity contribution in [1.82, 2.24) is 15.2 Å². The highest BCUT2D eigenvalue weighted by Crippen LogP contribution is 1.82. The number of H-pyrrole nitrogens is 1. The zero-order valence-corrected chi connectivity index (χ0v) is 4.90. The monoisotopic (exact) mass is 126 g/mol. The highest BCUT2D eigenvalue weighted by atomic mass is 32.1. The van der Waals surface area contributed by atoms with Gasteiger partial charge in [-0.25, -0.2) is 4.98 Å². The van der Waals surface area contributed by atoms with Crippen LogP contribution in [-0.2, 0) is 6.42 Å². The highest BCUT2D eigenvalue weighted by molar-refractivity contribution is 7.78. The van der Waals surface area contributed by atoms with Crippen LogP contribution in [0.5, 0.6) is 0 Å². The van der Waals surface area contributed by atoms with Crippen molar-refractivity contribution in [2.75, 3.05) is 0 Å². The molecular formula is C4H4N3S. The molecular weight excluding hydrogens is 122 g/mol. The normalized spacial score (nSPS) is 9.00. The lowest BCUT2D eigenvalue weighted by Gasteiger charge is -1.76. The topological polar surface area (TPSA) is 41.6 Å². The average molecular weight is 126 g/mol. The quantitative estimate of drug-likeness (QED) is 0.576. The Hall–Kier alpha value is -0.770. The van der Waals surface area contributed by atoms with E-state index in [9.17, 15) is 0 Å². The van der Waals surface area contributed by atoms with Crippen LogP contribution in [0.25, 0.3) is 0 Å². The lowest BCUT2D eigenvalue weighted by atomic mass is 10.5. The van der Waals surface area contributed by atoms with Gasteiger partial charge in [0.1, 0.15) is 6.33 Å². The maximum absolute atomic E-state index is 4.46. The van der Waals surface area contributed by atoms with Crippen LogP contribution in [0.3, 0.4) is 0 Å². The molecule has 0 fully saturated rings. The second-order valence-corrected chi connectivity index (χ2v) is 1.53. The molecule has 1 N–H and O–H groups in total. The van der Waals surface area contributed by atoms with Crippen molar-refractivity contribution in [3.63, 3.8) is 0 Å². The van der Waals surface area contributed by atoms with Gasteiger partial charge < -0.3 is 0 Å². The molecule has 1 rings (SSSR count). The summed E-state index contributed by atoms with van der Waals surface area (Å²) in [4.78, 5) is 3.81. The Morgan fingerprint density at radius 1 is 1.88 bits per heavy atom. The molecule has 1 aromatic heterocycles. The smallest absolute Gasteiger partial charge is 0.155 e. The molecule has 0 saturated heterocycles. The van der Waals surface area contributed by atoms with E-state index in [1.165, 1.54) is 6.33 Å². The molecule has 0 amide bonds. The van der Waals surface area contributed by atoms with E-state index in [2.05, 4.69) is 32.8 Å². The molecule has 0 aliphatic carbocycles. The molecule has 8 heavy (non-hydrogen) atoms. The van der Waals surface area contributed by atoms with Gasteiger partial charge in [-0.3, -0.25) is 5.10 Å². The number of hydrogen-bond acceptors (Lipinski definition) is 3. The number of aromatic nitrogens is 3. The number of nitrogens with one attached hydrogen (secondary N) is 1. The molecule has 0 spiro atoms. The van der Waals surface area contributed by atoms with Gasteiger partial charge in [0.2, 0.25) is 0 Å². The Kier molecular flexibility index (Phi) is 1.69. The van der Waals surface area contributed by atoms with Gasteiger partial charge >= 0.3 is 0 Å². The van der Waals surface area contributed by atoms with Gasteiger partial charge in [0.05, 0.1) is 0 Å². The van der Waals surface area contributed by atoms with Crippen molar-refractivity contribution < 1.29 is 0 Å². The molecule has 1 radical (unpaired) electrons. The van der Waals surface area contributed by atoms with E-state index in [0.29, 0.717) is 12.2 Å². The van der Waals surface area contributed by atoms with Crippen LogP contribution in [0, 0.1) is 0 Å². The second-order valence-electron chi connectivity index (χ2n) is 1.24. The van der Waals surface area contributed by atoms with Crippen LogP contribution in [0.4, 0.5) is 0 Å². The van der Waals surface area contributed by atoms with Gasteiger partial charge in [-0.2, -0.15) is 5.10 Å². The van der Waals surface area contributed by atoms with E-state index in [4.69, 9.17) is 0 Å². The van der Waals surface area contributed by atoms with E-state index in [1.807, 2.05) is 0 Å². The average Bonchev–Trinajstić information content (AvgIpc) is 2.19. The van der Waals surface area contributed by atoms with Crippen LogP contribution < -0.4 is 0 Å². The first-order valence-electron chi connectivity index (χ1n) is 2.13. The lowest BCUT2D eigenvalue weighted by molar-refractivity contribution is 1.02. The molecule has 0 aliphatic rings. The molecule has 0 unspecified atom stereocenters. The van der Waals surface area contributed by atoms with Gasteiger partial charge in [-0.15, -0.1) is 0 Å². The molecule has 1 aromatic rings. The summed E-state index contributed by atoms with van der Waals surface area (Å²) in [7, 11) is 0. The molecule has 0 saturated carbocycles. The minimum Gasteiger partial charge on any atom is -0.266 e. The fourth-order valence-electron chi connectivity index (χ4n) is 0.385. The summed E-state index contributed by atoms with van der Waals surface area (Å²) < 4.78 is 0. The summed E-state index contributed by atoms with van der Waals surface area (Å²) >= 11 is 4.46.